The molecule has 5 nitrogen and oxygen atoms in total. The van der Waals surface area contributed by atoms with Crippen LogP contribution in [0.1, 0.15) is 15.9 Å². The second-order valence-electron chi connectivity index (χ2n) is 4.86. The lowest BCUT2D eigenvalue weighted by Crippen LogP contribution is -2.34. The van der Waals surface area contributed by atoms with E-state index in [2.05, 4.69) is 32.6 Å². The molecule has 0 heterocycles. The summed E-state index contributed by atoms with van der Waals surface area (Å²) in [7, 11) is -3.43. The second kappa shape index (κ2) is 8.42. The fourth-order valence-corrected chi connectivity index (χ4v) is 3.43. The van der Waals surface area contributed by atoms with E-state index in [0.717, 1.165) is 9.13 Å². The van der Waals surface area contributed by atoms with Crippen LogP contribution in [0.25, 0.3) is 0 Å². The molecule has 2 aromatic rings. The third kappa shape index (κ3) is 5.92. The molecule has 0 aliphatic heterocycles. The van der Waals surface area contributed by atoms with Crippen molar-refractivity contribution in [1.82, 2.24) is 10.0 Å². The second-order valence-corrected chi connectivity index (χ2v) is 7.95. The Balaban J connectivity index is 1.81. The van der Waals surface area contributed by atoms with Gasteiger partial charge < -0.3 is 5.32 Å². The minimum absolute atomic E-state index is 0.0634. The average molecular weight is 444 g/mol. The topological polar surface area (TPSA) is 75.3 Å². The summed E-state index contributed by atoms with van der Waals surface area (Å²) >= 11 is 2.07. The maximum absolute atomic E-state index is 12.0. The van der Waals surface area contributed by atoms with E-state index in [0.29, 0.717) is 5.56 Å². The van der Waals surface area contributed by atoms with Gasteiger partial charge in [-0.25, -0.2) is 13.1 Å². The first-order valence-corrected chi connectivity index (χ1v) is 9.75. The minimum atomic E-state index is -3.43. The summed E-state index contributed by atoms with van der Waals surface area (Å²) in [6.07, 6.45) is 0. The highest BCUT2D eigenvalue weighted by Crippen LogP contribution is 2.10. The van der Waals surface area contributed by atoms with E-state index in [-0.39, 0.29) is 24.7 Å². The Bertz CT molecular complexity index is 764. The van der Waals surface area contributed by atoms with E-state index >= 15 is 0 Å². The molecule has 0 unspecified atom stereocenters. The molecule has 122 valence electrons. The summed E-state index contributed by atoms with van der Waals surface area (Å²) in [5, 5.41) is 2.63. The lowest BCUT2D eigenvalue weighted by molar-refractivity contribution is 0.0955. The van der Waals surface area contributed by atoms with Crippen molar-refractivity contribution in [1.29, 1.82) is 0 Å². The number of sulfonamides is 1. The summed E-state index contributed by atoms with van der Waals surface area (Å²) in [5.74, 6) is -0.428. The van der Waals surface area contributed by atoms with Crippen LogP contribution in [0.5, 0.6) is 0 Å². The lowest BCUT2D eigenvalue weighted by atomic mass is 10.2. The number of nitrogens with one attached hydrogen (secondary N) is 2. The van der Waals surface area contributed by atoms with Gasteiger partial charge in [-0.2, -0.15) is 0 Å². The van der Waals surface area contributed by atoms with Crippen molar-refractivity contribution in [3.05, 3.63) is 69.3 Å². The number of halogens is 1. The molecule has 0 fully saturated rings. The summed E-state index contributed by atoms with van der Waals surface area (Å²) in [6.45, 7) is 0.307. The number of benzene rings is 2. The molecular formula is C16H17IN2O3S. The van der Waals surface area contributed by atoms with Crippen molar-refractivity contribution in [2.75, 3.05) is 12.3 Å². The molecule has 1 amide bonds. The van der Waals surface area contributed by atoms with Gasteiger partial charge in [0.25, 0.3) is 5.91 Å². The Morgan fingerprint density at radius 1 is 1.00 bits per heavy atom. The van der Waals surface area contributed by atoms with E-state index in [4.69, 9.17) is 0 Å². The molecule has 0 spiro atoms. The summed E-state index contributed by atoms with van der Waals surface area (Å²) in [4.78, 5) is 12.0. The van der Waals surface area contributed by atoms with Gasteiger partial charge >= 0.3 is 0 Å². The number of hydrogen-bond acceptors (Lipinski definition) is 3. The van der Waals surface area contributed by atoms with Crippen LogP contribution in [-0.2, 0) is 16.6 Å². The van der Waals surface area contributed by atoms with Crippen molar-refractivity contribution in [3.8, 4) is 0 Å². The Morgan fingerprint density at radius 3 is 2.35 bits per heavy atom. The van der Waals surface area contributed by atoms with E-state index in [1.54, 1.807) is 12.1 Å². The van der Waals surface area contributed by atoms with Gasteiger partial charge in [-0.3, -0.25) is 4.79 Å². The van der Waals surface area contributed by atoms with Crippen LogP contribution in [0, 0.1) is 3.57 Å². The van der Waals surface area contributed by atoms with Gasteiger partial charge in [-0.15, -0.1) is 0 Å². The van der Waals surface area contributed by atoms with Gasteiger partial charge in [0, 0.05) is 16.7 Å². The average Bonchev–Trinajstić information content (AvgIpc) is 2.54. The Kier molecular flexibility index (Phi) is 6.55. The lowest BCUT2D eigenvalue weighted by Gasteiger charge is -2.09. The highest BCUT2D eigenvalue weighted by Gasteiger charge is 2.12. The van der Waals surface area contributed by atoms with Gasteiger partial charge in [0.2, 0.25) is 10.0 Å². The molecular weight excluding hydrogens is 427 g/mol. The van der Waals surface area contributed by atoms with Gasteiger partial charge in [0.15, 0.2) is 0 Å². The van der Waals surface area contributed by atoms with Crippen LogP contribution in [0.15, 0.2) is 54.6 Å². The Morgan fingerprint density at radius 2 is 1.65 bits per heavy atom. The molecule has 0 aliphatic rings. The van der Waals surface area contributed by atoms with Crippen molar-refractivity contribution < 1.29 is 13.2 Å². The molecule has 2 aromatic carbocycles. The molecule has 2 rings (SSSR count). The van der Waals surface area contributed by atoms with E-state index in [1.165, 1.54) is 0 Å². The van der Waals surface area contributed by atoms with Crippen LogP contribution in [0.2, 0.25) is 0 Å². The van der Waals surface area contributed by atoms with Crippen LogP contribution in [0.4, 0.5) is 0 Å². The number of carbonyl (C=O) groups is 1. The zero-order chi connectivity index (χ0) is 16.7. The monoisotopic (exact) mass is 444 g/mol. The molecule has 7 heteroatoms. The van der Waals surface area contributed by atoms with Gasteiger partial charge in [0.05, 0.1) is 11.3 Å². The Hall–Kier alpha value is -1.45. The number of amides is 1. The first-order chi connectivity index (χ1) is 11.0. The van der Waals surface area contributed by atoms with Crippen LogP contribution >= 0.6 is 22.6 Å². The van der Waals surface area contributed by atoms with Crippen LogP contribution in [0.3, 0.4) is 0 Å². The molecule has 23 heavy (non-hydrogen) atoms. The largest absolute Gasteiger partial charge is 0.351 e. The zero-order valence-corrected chi connectivity index (χ0v) is 15.3. The number of carbonyl (C=O) groups excluding carboxylic acids is 1. The van der Waals surface area contributed by atoms with E-state index in [1.807, 2.05) is 42.5 Å². The fraction of sp³-hybridized carbons (Fsp3) is 0.188. The number of hydrogen-bond donors (Lipinski definition) is 2. The Labute approximate surface area is 149 Å². The van der Waals surface area contributed by atoms with E-state index in [9.17, 15) is 13.2 Å². The third-order valence-corrected chi connectivity index (χ3v) is 5.38. The SMILES string of the molecule is O=C(NCCS(=O)(=O)NCc1ccccc1)c1ccccc1I. The predicted molar refractivity (Wildman–Crippen MR) is 98.6 cm³/mol. The van der Waals surface area contributed by atoms with Crippen LogP contribution in [-0.4, -0.2) is 26.6 Å². The first-order valence-electron chi connectivity index (χ1n) is 7.02. The van der Waals surface area contributed by atoms with Gasteiger partial charge in [-0.05, 0) is 40.3 Å². The van der Waals surface area contributed by atoms with Crippen LogP contribution < -0.4 is 10.0 Å². The van der Waals surface area contributed by atoms with Gasteiger partial charge in [-0.1, -0.05) is 42.5 Å². The van der Waals surface area contributed by atoms with Crippen molar-refractivity contribution in [2.45, 2.75) is 6.54 Å². The first kappa shape index (κ1) is 17.9. The molecule has 0 saturated heterocycles. The summed E-state index contributed by atoms with van der Waals surface area (Å²) in [5.41, 5.74) is 1.43. The normalized spacial score (nSPS) is 11.2. The van der Waals surface area contributed by atoms with Gasteiger partial charge in [0.1, 0.15) is 0 Å². The maximum Gasteiger partial charge on any atom is 0.252 e. The van der Waals surface area contributed by atoms with Crippen molar-refractivity contribution in [2.24, 2.45) is 0 Å². The standard InChI is InChI=1S/C16H17IN2O3S/c17-15-9-5-4-8-14(15)16(20)18-10-11-23(21,22)19-12-13-6-2-1-3-7-13/h1-9,19H,10-12H2,(H,18,20). The number of rotatable bonds is 7. The summed E-state index contributed by atoms with van der Waals surface area (Å²) in [6, 6.07) is 16.4. The third-order valence-electron chi connectivity index (χ3n) is 3.11. The molecule has 0 radical (unpaired) electrons. The summed E-state index contributed by atoms with van der Waals surface area (Å²) < 4.78 is 27.2. The molecule has 0 aromatic heterocycles. The molecule has 2 N–H and O–H groups in total. The molecule has 0 atom stereocenters. The zero-order valence-electron chi connectivity index (χ0n) is 12.3. The van der Waals surface area contributed by atoms with Crippen molar-refractivity contribution >= 4 is 38.5 Å². The highest BCUT2D eigenvalue weighted by atomic mass is 127. The molecule has 0 bridgehead atoms. The molecule has 0 aliphatic carbocycles. The predicted octanol–water partition coefficient (Wildman–Crippen LogP) is 2.14. The molecule has 0 saturated carbocycles. The maximum atomic E-state index is 12.0. The van der Waals surface area contributed by atoms with E-state index < -0.39 is 10.0 Å². The smallest absolute Gasteiger partial charge is 0.252 e. The quantitative estimate of drug-likeness (QED) is 0.643. The minimum Gasteiger partial charge on any atom is -0.351 e. The van der Waals surface area contributed by atoms with Crippen molar-refractivity contribution in [3.63, 3.8) is 0 Å². The fourth-order valence-electron chi connectivity index (χ4n) is 1.90. The highest BCUT2D eigenvalue weighted by molar-refractivity contribution is 14.1.